The normalized spacial score (nSPS) is 18.2. The largest absolute Gasteiger partial charge is 0.507 e. The van der Waals surface area contributed by atoms with E-state index in [-0.39, 0.29) is 23.1 Å². The lowest BCUT2D eigenvalue weighted by Crippen LogP contribution is -2.43. The van der Waals surface area contributed by atoms with Gasteiger partial charge in [-0.15, -0.1) is 0 Å². The maximum atomic E-state index is 13.4. The number of piperazine rings is 1. The summed E-state index contributed by atoms with van der Waals surface area (Å²) < 4.78 is 0. The van der Waals surface area contributed by atoms with Crippen LogP contribution >= 0.6 is 0 Å². The van der Waals surface area contributed by atoms with Gasteiger partial charge in [-0.3, -0.25) is 14.7 Å². The minimum atomic E-state index is -0.205. The molecule has 2 saturated heterocycles. The molecule has 0 aliphatic carbocycles. The monoisotopic (exact) mass is 460 g/mol. The molecular weight excluding hydrogens is 432 g/mol. The average molecular weight is 461 g/mol. The molecule has 1 aromatic heterocycles. The minimum Gasteiger partial charge on any atom is -0.507 e. The smallest absolute Gasteiger partial charge is 0.258 e. The van der Waals surface area contributed by atoms with E-state index in [0.717, 1.165) is 55.7 Å². The van der Waals surface area contributed by atoms with Crippen molar-refractivity contribution in [3.63, 3.8) is 0 Å². The number of aromatic amines is 1. The number of carbonyl (C=O) groups excluding carboxylic acids is 2. The molecule has 34 heavy (non-hydrogen) atoms. The molecule has 0 saturated carbocycles. The van der Waals surface area contributed by atoms with Crippen LogP contribution in [0.25, 0.3) is 10.9 Å². The van der Waals surface area contributed by atoms with Gasteiger partial charge in [-0.1, -0.05) is 6.07 Å². The summed E-state index contributed by atoms with van der Waals surface area (Å²) in [5.74, 6) is -0.146. The molecule has 176 valence electrons. The Morgan fingerprint density at radius 1 is 1.06 bits per heavy atom. The van der Waals surface area contributed by atoms with Gasteiger partial charge in [0.25, 0.3) is 5.91 Å². The second-order valence-corrected chi connectivity index (χ2v) is 9.36. The van der Waals surface area contributed by atoms with Gasteiger partial charge in [-0.05, 0) is 35.7 Å². The van der Waals surface area contributed by atoms with Crippen LogP contribution < -0.4 is 10.2 Å². The first-order valence-corrected chi connectivity index (χ1v) is 11.9. The van der Waals surface area contributed by atoms with Gasteiger partial charge in [0.1, 0.15) is 5.75 Å². The van der Waals surface area contributed by atoms with Gasteiger partial charge < -0.3 is 25.1 Å². The molecule has 3 aromatic rings. The van der Waals surface area contributed by atoms with Crippen LogP contribution in [0.1, 0.15) is 40.0 Å². The van der Waals surface area contributed by atoms with Gasteiger partial charge in [-0.2, -0.15) is 5.10 Å². The third kappa shape index (κ3) is 3.66. The molecule has 0 bridgehead atoms. The molecule has 3 aliphatic rings. The number of aromatic hydroxyl groups is 1. The lowest BCUT2D eigenvalue weighted by molar-refractivity contribution is -0.128. The molecule has 6 rings (SSSR count). The van der Waals surface area contributed by atoms with Crippen LogP contribution in [0.3, 0.4) is 0 Å². The number of anilines is 1. The van der Waals surface area contributed by atoms with Crippen LogP contribution in [0.15, 0.2) is 30.3 Å². The van der Waals surface area contributed by atoms with Crippen molar-refractivity contribution in [3.05, 3.63) is 52.7 Å². The number of rotatable bonds is 4. The summed E-state index contributed by atoms with van der Waals surface area (Å²) in [4.78, 5) is 31.4. The van der Waals surface area contributed by atoms with E-state index in [1.165, 1.54) is 5.69 Å². The summed E-state index contributed by atoms with van der Waals surface area (Å²) in [5.41, 5.74) is 5.12. The number of phenols is 1. The van der Waals surface area contributed by atoms with Crippen LogP contribution in [-0.2, 0) is 24.4 Å². The summed E-state index contributed by atoms with van der Waals surface area (Å²) in [6, 6.07) is 9.71. The van der Waals surface area contributed by atoms with Crippen molar-refractivity contribution in [3.8, 4) is 5.75 Å². The highest BCUT2D eigenvalue weighted by Crippen LogP contribution is 2.32. The number of nitrogens with zero attached hydrogens (tertiary/aromatic N) is 4. The predicted octanol–water partition coefficient (Wildman–Crippen LogP) is 1.96. The summed E-state index contributed by atoms with van der Waals surface area (Å²) >= 11 is 0. The molecule has 9 heteroatoms. The second-order valence-electron chi connectivity index (χ2n) is 9.36. The SMILES string of the molecule is O=C1CCCN1Cc1n[nH]c2cc(O)c(C(=O)N3Cc4ccc(N5CCNCC5)cc4C3)cc12. The maximum absolute atomic E-state index is 13.4. The lowest BCUT2D eigenvalue weighted by Gasteiger charge is -2.29. The van der Waals surface area contributed by atoms with E-state index in [9.17, 15) is 14.7 Å². The Kier molecular flexibility index (Phi) is 5.13. The van der Waals surface area contributed by atoms with Crippen molar-refractivity contribution in [1.29, 1.82) is 0 Å². The number of aromatic nitrogens is 2. The van der Waals surface area contributed by atoms with Gasteiger partial charge in [0.05, 0.1) is 23.3 Å². The van der Waals surface area contributed by atoms with Crippen molar-refractivity contribution in [2.45, 2.75) is 32.5 Å². The molecule has 0 atom stereocenters. The van der Waals surface area contributed by atoms with Crippen LogP contribution in [0.5, 0.6) is 5.75 Å². The third-order valence-corrected chi connectivity index (χ3v) is 7.18. The summed E-state index contributed by atoms with van der Waals surface area (Å²) in [6.07, 6.45) is 1.43. The fourth-order valence-electron chi connectivity index (χ4n) is 5.27. The van der Waals surface area contributed by atoms with E-state index in [2.05, 4.69) is 38.6 Å². The molecule has 9 nitrogen and oxygen atoms in total. The second kappa shape index (κ2) is 8.32. The first-order chi connectivity index (χ1) is 16.6. The van der Waals surface area contributed by atoms with Crippen LogP contribution in [-0.4, -0.2) is 69.6 Å². The fraction of sp³-hybridized carbons (Fsp3) is 0.400. The van der Waals surface area contributed by atoms with Crippen LogP contribution in [0.2, 0.25) is 0 Å². The Morgan fingerprint density at radius 3 is 2.68 bits per heavy atom. The zero-order valence-electron chi connectivity index (χ0n) is 19.0. The standard InChI is InChI=1S/C25H28N6O3/c32-23-12-21-19(22(28-27-21)15-30-7-1-2-24(30)33)11-20(23)25(34)31-13-16-3-4-18(10-17(16)14-31)29-8-5-26-6-9-29/h3-4,10-12,26,32H,1-2,5-9,13-15H2,(H,27,28). The van der Waals surface area contributed by atoms with Crippen molar-refractivity contribution in [1.82, 2.24) is 25.3 Å². The zero-order chi connectivity index (χ0) is 23.2. The van der Waals surface area contributed by atoms with E-state index in [4.69, 9.17) is 0 Å². The van der Waals surface area contributed by atoms with E-state index < -0.39 is 0 Å². The number of likely N-dealkylation sites (tertiary alicyclic amines) is 1. The Labute approximate surface area is 197 Å². The maximum Gasteiger partial charge on any atom is 0.258 e. The van der Waals surface area contributed by atoms with Gasteiger partial charge in [0.15, 0.2) is 0 Å². The van der Waals surface area contributed by atoms with Crippen molar-refractivity contribution >= 4 is 28.4 Å². The number of nitrogens with one attached hydrogen (secondary N) is 2. The Morgan fingerprint density at radius 2 is 1.88 bits per heavy atom. The number of fused-ring (bicyclic) bond motifs is 2. The number of hydrogen-bond donors (Lipinski definition) is 3. The lowest BCUT2D eigenvalue weighted by atomic mass is 10.1. The Bertz CT molecular complexity index is 1280. The molecular formula is C25H28N6O3. The van der Waals surface area contributed by atoms with Gasteiger partial charge >= 0.3 is 0 Å². The van der Waals surface area contributed by atoms with E-state index >= 15 is 0 Å². The zero-order valence-corrected chi connectivity index (χ0v) is 19.0. The predicted molar refractivity (Wildman–Crippen MR) is 128 cm³/mol. The number of amides is 2. The molecule has 0 spiro atoms. The molecule has 3 aliphatic heterocycles. The van der Waals surface area contributed by atoms with E-state index in [0.29, 0.717) is 37.3 Å². The fourth-order valence-corrected chi connectivity index (χ4v) is 5.27. The topological polar surface area (TPSA) is 105 Å². The molecule has 2 aromatic carbocycles. The molecule has 0 radical (unpaired) electrons. The van der Waals surface area contributed by atoms with Crippen molar-refractivity contribution in [2.75, 3.05) is 37.6 Å². The molecule has 0 unspecified atom stereocenters. The summed E-state index contributed by atoms with van der Waals surface area (Å²) in [7, 11) is 0. The van der Waals surface area contributed by atoms with Gasteiger partial charge in [0.2, 0.25) is 5.91 Å². The summed E-state index contributed by atoms with van der Waals surface area (Å²) in [5, 5.41) is 22.0. The number of carbonyl (C=O) groups is 2. The van der Waals surface area contributed by atoms with E-state index in [1.807, 2.05) is 0 Å². The molecule has 2 amide bonds. The highest BCUT2D eigenvalue weighted by Gasteiger charge is 2.28. The van der Waals surface area contributed by atoms with Crippen LogP contribution in [0.4, 0.5) is 5.69 Å². The average Bonchev–Trinajstić information content (AvgIpc) is 3.57. The highest BCUT2D eigenvalue weighted by atomic mass is 16.3. The molecule has 3 N–H and O–H groups in total. The summed E-state index contributed by atoms with van der Waals surface area (Å²) in [6.45, 7) is 6.08. The number of hydrogen-bond acceptors (Lipinski definition) is 6. The first kappa shape index (κ1) is 21.0. The van der Waals surface area contributed by atoms with Gasteiger partial charge in [0, 0.05) is 69.4 Å². The quantitative estimate of drug-likeness (QED) is 0.550. The number of H-pyrrole nitrogens is 1. The minimum absolute atomic E-state index is 0.0672. The van der Waals surface area contributed by atoms with Crippen molar-refractivity contribution in [2.24, 2.45) is 0 Å². The van der Waals surface area contributed by atoms with Crippen LogP contribution in [0, 0.1) is 0 Å². The van der Waals surface area contributed by atoms with E-state index in [1.54, 1.807) is 21.9 Å². The highest BCUT2D eigenvalue weighted by molar-refractivity contribution is 6.01. The Hall–Kier alpha value is -3.59. The Balaban J connectivity index is 1.24. The number of phenolic OH excluding ortho intramolecular Hbond substituents is 1. The first-order valence-electron chi connectivity index (χ1n) is 11.9. The van der Waals surface area contributed by atoms with Gasteiger partial charge in [-0.25, -0.2) is 0 Å². The molecule has 2 fully saturated rings. The van der Waals surface area contributed by atoms with Crippen molar-refractivity contribution < 1.29 is 14.7 Å². The third-order valence-electron chi connectivity index (χ3n) is 7.18. The molecule has 4 heterocycles. The number of benzene rings is 2.